The third kappa shape index (κ3) is 2.66. The molecule has 0 aromatic heterocycles. The number of aliphatic hydroxyl groups excluding tert-OH is 1. The van der Waals surface area contributed by atoms with E-state index in [0.29, 0.717) is 12.8 Å². The number of ether oxygens (including phenoxy) is 1. The first kappa shape index (κ1) is 12.1. The van der Waals surface area contributed by atoms with Crippen LogP contribution in [0.2, 0.25) is 0 Å². The van der Waals surface area contributed by atoms with E-state index in [4.69, 9.17) is 10.5 Å². The van der Waals surface area contributed by atoms with Gasteiger partial charge in [-0.25, -0.2) is 4.39 Å². The Labute approximate surface area is 98.2 Å². The summed E-state index contributed by atoms with van der Waals surface area (Å²) in [5.41, 5.74) is 5.62. The molecule has 94 valence electrons. The largest absolute Gasteiger partial charge is 0.485 e. The number of nitrogens with two attached hydrogens (primary N) is 1. The molecule has 5 heteroatoms. The third-order valence-electron chi connectivity index (χ3n) is 2.96. The van der Waals surface area contributed by atoms with Crippen LogP contribution in [0.3, 0.4) is 0 Å². The molecule has 0 aliphatic heterocycles. The lowest BCUT2D eigenvalue weighted by atomic mass is 9.95. The number of benzene rings is 1. The van der Waals surface area contributed by atoms with Gasteiger partial charge in [-0.1, -0.05) is 0 Å². The van der Waals surface area contributed by atoms with Crippen LogP contribution in [-0.2, 0) is 0 Å². The van der Waals surface area contributed by atoms with E-state index in [2.05, 4.69) is 0 Å². The van der Waals surface area contributed by atoms with Gasteiger partial charge in [-0.05, 0) is 31.4 Å². The highest BCUT2D eigenvalue weighted by molar-refractivity contribution is 5.53. The molecule has 2 unspecified atom stereocenters. The Hall–Kier alpha value is -1.36. The highest BCUT2D eigenvalue weighted by atomic mass is 19.2. The minimum absolute atomic E-state index is 0.0731. The number of aliphatic hydroxyl groups is 1. The van der Waals surface area contributed by atoms with Gasteiger partial charge in [0.15, 0.2) is 11.6 Å². The molecule has 1 aliphatic rings. The first-order chi connectivity index (χ1) is 8.08. The first-order valence-electron chi connectivity index (χ1n) is 5.66. The quantitative estimate of drug-likeness (QED) is 0.783. The second kappa shape index (κ2) is 4.87. The summed E-state index contributed by atoms with van der Waals surface area (Å²) in [7, 11) is 0. The number of anilines is 1. The van der Waals surface area contributed by atoms with E-state index in [0.717, 1.165) is 18.9 Å². The molecule has 0 saturated heterocycles. The molecule has 0 heterocycles. The summed E-state index contributed by atoms with van der Waals surface area (Å²) in [5.74, 6) is -2.29. The summed E-state index contributed by atoms with van der Waals surface area (Å²) in [5, 5.41) is 9.47. The lowest BCUT2D eigenvalue weighted by Gasteiger charge is -2.27. The lowest BCUT2D eigenvalue weighted by Crippen LogP contribution is -2.28. The zero-order valence-electron chi connectivity index (χ0n) is 9.33. The molecular formula is C12H15F2NO2. The fraction of sp³-hybridized carbons (Fsp3) is 0.500. The van der Waals surface area contributed by atoms with E-state index in [-0.39, 0.29) is 17.5 Å². The fourth-order valence-electron chi connectivity index (χ4n) is 2.06. The SMILES string of the molecule is Nc1ccc(F)c(F)c1OC1CCCC(O)C1. The maximum absolute atomic E-state index is 13.5. The normalized spacial score (nSPS) is 24.6. The van der Waals surface area contributed by atoms with E-state index in [9.17, 15) is 13.9 Å². The van der Waals surface area contributed by atoms with Crippen LogP contribution in [0.25, 0.3) is 0 Å². The zero-order valence-corrected chi connectivity index (χ0v) is 9.33. The zero-order chi connectivity index (χ0) is 12.4. The predicted octanol–water partition coefficient (Wildman–Crippen LogP) is 2.23. The van der Waals surface area contributed by atoms with Gasteiger partial charge in [0.2, 0.25) is 5.82 Å². The van der Waals surface area contributed by atoms with Gasteiger partial charge in [0, 0.05) is 6.42 Å². The Balaban J connectivity index is 2.15. The Morgan fingerprint density at radius 2 is 2.06 bits per heavy atom. The van der Waals surface area contributed by atoms with Crippen molar-refractivity contribution in [1.29, 1.82) is 0 Å². The van der Waals surface area contributed by atoms with Crippen LogP contribution in [0.4, 0.5) is 14.5 Å². The van der Waals surface area contributed by atoms with Crippen molar-refractivity contribution in [1.82, 2.24) is 0 Å². The van der Waals surface area contributed by atoms with E-state index >= 15 is 0 Å². The van der Waals surface area contributed by atoms with Crippen molar-refractivity contribution in [2.24, 2.45) is 0 Å². The highest BCUT2D eigenvalue weighted by Gasteiger charge is 2.24. The molecule has 1 aromatic rings. The minimum Gasteiger partial charge on any atom is -0.485 e. The molecule has 2 atom stereocenters. The van der Waals surface area contributed by atoms with Gasteiger partial charge in [0.25, 0.3) is 0 Å². The standard InChI is InChI=1S/C12H15F2NO2/c13-9-4-5-10(15)12(11(9)14)17-8-3-1-2-7(16)6-8/h4-5,7-8,16H,1-3,6,15H2. The molecule has 0 spiro atoms. The second-order valence-electron chi connectivity index (χ2n) is 4.34. The molecule has 2 rings (SSSR count). The van der Waals surface area contributed by atoms with Crippen LogP contribution in [0.5, 0.6) is 5.75 Å². The summed E-state index contributed by atoms with van der Waals surface area (Å²) in [6.07, 6.45) is 1.93. The molecule has 1 aliphatic carbocycles. The van der Waals surface area contributed by atoms with Crippen molar-refractivity contribution >= 4 is 5.69 Å². The van der Waals surface area contributed by atoms with Crippen molar-refractivity contribution in [3.05, 3.63) is 23.8 Å². The van der Waals surface area contributed by atoms with Gasteiger partial charge in [-0.2, -0.15) is 4.39 Å². The van der Waals surface area contributed by atoms with Crippen LogP contribution in [0.1, 0.15) is 25.7 Å². The average Bonchev–Trinajstić information content (AvgIpc) is 2.30. The highest BCUT2D eigenvalue weighted by Crippen LogP contribution is 2.31. The number of hydrogen-bond donors (Lipinski definition) is 2. The van der Waals surface area contributed by atoms with Gasteiger partial charge < -0.3 is 15.6 Å². The molecule has 1 fully saturated rings. The Morgan fingerprint density at radius 1 is 1.29 bits per heavy atom. The second-order valence-corrected chi connectivity index (χ2v) is 4.34. The number of halogens is 2. The van der Waals surface area contributed by atoms with E-state index < -0.39 is 17.7 Å². The summed E-state index contributed by atoms with van der Waals surface area (Å²) >= 11 is 0. The molecule has 1 saturated carbocycles. The smallest absolute Gasteiger partial charge is 0.202 e. The summed E-state index contributed by atoms with van der Waals surface area (Å²) < 4.78 is 31.9. The van der Waals surface area contributed by atoms with Crippen molar-refractivity contribution < 1.29 is 18.6 Å². The van der Waals surface area contributed by atoms with Crippen LogP contribution >= 0.6 is 0 Å². The van der Waals surface area contributed by atoms with E-state index in [1.54, 1.807) is 0 Å². The molecule has 1 aromatic carbocycles. The fourth-order valence-corrected chi connectivity index (χ4v) is 2.06. The molecule has 3 nitrogen and oxygen atoms in total. The predicted molar refractivity (Wildman–Crippen MR) is 59.7 cm³/mol. The third-order valence-corrected chi connectivity index (χ3v) is 2.96. The van der Waals surface area contributed by atoms with Crippen LogP contribution in [0, 0.1) is 11.6 Å². The molecule has 0 amide bonds. The average molecular weight is 243 g/mol. The topological polar surface area (TPSA) is 55.5 Å². The van der Waals surface area contributed by atoms with Crippen molar-refractivity contribution in [3.63, 3.8) is 0 Å². The van der Waals surface area contributed by atoms with Crippen molar-refractivity contribution in [2.45, 2.75) is 37.9 Å². The molecule has 17 heavy (non-hydrogen) atoms. The van der Waals surface area contributed by atoms with E-state index in [1.165, 1.54) is 6.07 Å². The summed E-state index contributed by atoms with van der Waals surface area (Å²) in [4.78, 5) is 0. The molecular weight excluding hydrogens is 228 g/mol. The summed E-state index contributed by atoms with van der Waals surface area (Å²) in [6.45, 7) is 0. The first-order valence-corrected chi connectivity index (χ1v) is 5.66. The maximum Gasteiger partial charge on any atom is 0.202 e. The van der Waals surface area contributed by atoms with E-state index in [1.807, 2.05) is 0 Å². The van der Waals surface area contributed by atoms with Gasteiger partial charge in [-0.15, -0.1) is 0 Å². The van der Waals surface area contributed by atoms with Crippen LogP contribution < -0.4 is 10.5 Å². The molecule has 3 N–H and O–H groups in total. The Bertz CT molecular complexity index is 412. The Morgan fingerprint density at radius 3 is 2.76 bits per heavy atom. The van der Waals surface area contributed by atoms with Crippen LogP contribution in [0.15, 0.2) is 12.1 Å². The van der Waals surface area contributed by atoms with Gasteiger partial charge >= 0.3 is 0 Å². The van der Waals surface area contributed by atoms with Crippen molar-refractivity contribution in [2.75, 3.05) is 5.73 Å². The minimum atomic E-state index is -1.06. The maximum atomic E-state index is 13.5. The molecule has 0 radical (unpaired) electrons. The summed E-state index contributed by atoms with van der Waals surface area (Å²) in [6, 6.07) is 2.24. The monoisotopic (exact) mass is 243 g/mol. The van der Waals surface area contributed by atoms with Crippen molar-refractivity contribution in [3.8, 4) is 5.75 Å². The van der Waals surface area contributed by atoms with Crippen LogP contribution in [-0.4, -0.2) is 17.3 Å². The van der Waals surface area contributed by atoms with Gasteiger partial charge in [0.1, 0.15) is 6.10 Å². The Kier molecular flexibility index (Phi) is 3.47. The number of hydrogen-bond acceptors (Lipinski definition) is 3. The van der Waals surface area contributed by atoms with Gasteiger partial charge in [0.05, 0.1) is 11.8 Å². The number of nitrogen functional groups attached to an aromatic ring is 1. The van der Waals surface area contributed by atoms with Gasteiger partial charge in [-0.3, -0.25) is 0 Å². The number of rotatable bonds is 2. The molecule has 0 bridgehead atoms. The lowest BCUT2D eigenvalue weighted by molar-refractivity contribution is 0.0517.